The predicted molar refractivity (Wildman–Crippen MR) is 134 cm³/mol. The first kappa shape index (κ1) is 27.2. The molecule has 1 fully saturated rings. The van der Waals surface area contributed by atoms with E-state index < -0.39 is 24.3 Å². The number of esters is 1. The Morgan fingerprint density at radius 2 is 1.86 bits per heavy atom. The van der Waals surface area contributed by atoms with Crippen molar-refractivity contribution in [3.63, 3.8) is 0 Å². The van der Waals surface area contributed by atoms with Gasteiger partial charge >= 0.3 is 5.97 Å². The summed E-state index contributed by atoms with van der Waals surface area (Å²) < 4.78 is 17.7. The third kappa shape index (κ3) is 7.52. The molecule has 1 aliphatic rings. The van der Waals surface area contributed by atoms with Gasteiger partial charge in [-0.25, -0.2) is 0 Å². The van der Waals surface area contributed by atoms with E-state index in [1.54, 1.807) is 30.0 Å². The van der Waals surface area contributed by atoms with Crippen molar-refractivity contribution in [2.45, 2.75) is 52.0 Å². The summed E-state index contributed by atoms with van der Waals surface area (Å²) in [6, 6.07) is 14.9. The third-order valence-electron chi connectivity index (χ3n) is 5.78. The van der Waals surface area contributed by atoms with Crippen molar-refractivity contribution in [2.24, 2.45) is 5.92 Å². The van der Waals surface area contributed by atoms with E-state index in [1.165, 1.54) is 13.8 Å². The fourth-order valence-electron chi connectivity index (χ4n) is 3.88. The number of hydrogen-bond donors (Lipinski definition) is 3. The lowest BCUT2D eigenvalue weighted by atomic mass is 9.91. The molecule has 1 amide bonds. The maximum Gasteiger partial charge on any atom is 0.303 e. The van der Waals surface area contributed by atoms with E-state index in [9.17, 15) is 19.8 Å². The standard InChI is InChI=1S/C26H33NO7S/c1-16-23(15-35-12-11-28)33-26(34-24(16)20-9-7-19(14-29)8-10-20)21-5-4-6-22(13-21)27-25(31)17(2)32-18(3)30/h4-10,13,16-17,23-24,26,28-29H,11-12,14-15H2,1-3H3,(H,27,31). The first-order valence-corrected chi connectivity index (χ1v) is 12.7. The maximum atomic E-state index is 12.4. The lowest BCUT2D eigenvalue weighted by Gasteiger charge is -2.41. The molecule has 0 radical (unpaired) electrons. The van der Waals surface area contributed by atoms with Crippen molar-refractivity contribution in [2.75, 3.05) is 23.4 Å². The summed E-state index contributed by atoms with van der Waals surface area (Å²) in [4.78, 5) is 23.5. The second-order valence-corrected chi connectivity index (χ2v) is 9.64. The fourth-order valence-corrected chi connectivity index (χ4v) is 4.79. The molecule has 2 aromatic carbocycles. The number of benzene rings is 2. The Hall–Kier alpha value is -2.43. The smallest absolute Gasteiger partial charge is 0.303 e. The second kappa shape index (κ2) is 13.0. The normalized spacial score (nSPS) is 22.9. The molecule has 1 saturated heterocycles. The fraction of sp³-hybridized carbons (Fsp3) is 0.462. The molecule has 5 unspecified atom stereocenters. The lowest BCUT2D eigenvalue weighted by Crippen LogP contribution is -2.38. The highest BCUT2D eigenvalue weighted by Crippen LogP contribution is 2.42. The molecule has 3 rings (SSSR count). The molecule has 5 atom stereocenters. The molecule has 0 bridgehead atoms. The van der Waals surface area contributed by atoms with Crippen LogP contribution in [0.1, 0.15) is 49.9 Å². The van der Waals surface area contributed by atoms with Gasteiger partial charge in [0.05, 0.1) is 25.4 Å². The van der Waals surface area contributed by atoms with E-state index in [1.807, 2.05) is 30.3 Å². The van der Waals surface area contributed by atoms with Crippen molar-refractivity contribution in [3.8, 4) is 0 Å². The van der Waals surface area contributed by atoms with Crippen molar-refractivity contribution in [1.82, 2.24) is 0 Å². The minimum atomic E-state index is -0.918. The monoisotopic (exact) mass is 503 g/mol. The number of hydrogen-bond acceptors (Lipinski definition) is 8. The van der Waals surface area contributed by atoms with E-state index in [0.717, 1.165) is 16.7 Å². The summed E-state index contributed by atoms with van der Waals surface area (Å²) in [5.74, 6) is 0.406. The first-order chi connectivity index (χ1) is 16.8. The van der Waals surface area contributed by atoms with Crippen molar-refractivity contribution >= 4 is 29.3 Å². The van der Waals surface area contributed by atoms with Crippen LogP contribution < -0.4 is 5.32 Å². The van der Waals surface area contributed by atoms with Crippen LogP contribution in [0.3, 0.4) is 0 Å². The Balaban J connectivity index is 1.81. The van der Waals surface area contributed by atoms with Crippen LogP contribution in [0.15, 0.2) is 48.5 Å². The van der Waals surface area contributed by atoms with Gasteiger partial charge in [-0.2, -0.15) is 11.8 Å². The van der Waals surface area contributed by atoms with Gasteiger partial charge in [0.25, 0.3) is 5.91 Å². The molecule has 9 heteroatoms. The van der Waals surface area contributed by atoms with E-state index >= 15 is 0 Å². The average molecular weight is 504 g/mol. The number of rotatable bonds is 10. The molecule has 8 nitrogen and oxygen atoms in total. The van der Waals surface area contributed by atoms with Crippen LogP contribution in [-0.4, -0.2) is 52.4 Å². The lowest BCUT2D eigenvalue weighted by molar-refractivity contribution is -0.268. The number of aliphatic hydroxyl groups is 2. The zero-order valence-electron chi connectivity index (χ0n) is 20.2. The SMILES string of the molecule is CC(=O)OC(C)C(=O)Nc1cccc(C2OC(CSCCO)C(C)C(c3ccc(CO)cc3)O2)c1. The Morgan fingerprint density at radius 3 is 2.51 bits per heavy atom. The molecule has 1 aliphatic heterocycles. The summed E-state index contributed by atoms with van der Waals surface area (Å²) in [6.07, 6.45) is -1.96. The maximum absolute atomic E-state index is 12.4. The van der Waals surface area contributed by atoms with Gasteiger partial charge in [0.1, 0.15) is 0 Å². The number of anilines is 1. The molecular formula is C26H33NO7S. The highest BCUT2D eigenvalue weighted by molar-refractivity contribution is 7.99. The van der Waals surface area contributed by atoms with Crippen LogP contribution >= 0.6 is 11.8 Å². The Kier molecular flexibility index (Phi) is 10.1. The number of carbonyl (C=O) groups is 2. The Labute approximate surface area is 210 Å². The second-order valence-electron chi connectivity index (χ2n) is 8.49. The topological polar surface area (TPSA) is 114 Å². The number of thioether (sulfide) groups is 1. The quantitative estimate of drug-likeness (QED) is 0.333. The summed E-state index contributed by atoms with van der Waals surface area (Å²) in [5, 5.41) is 21.3. The number of amides is 1. The van der Waals surface area contributed by atoms with Gasteiger partial charge in [-0.1, -0.05) is 43.3 Å². The van der Waals surface area contributed by atoms with Gasteiger partial charge in [-0.15, -0.1) is 0 Å². The molecule has 0 aliphatic carbocycles. The molecule has 2 aromatic rings. The van der Waals surface area contributed by atoms with Gasteiger partial charge < -0.3 is 29.7 Å². The molecule has 1 heterocycles. The molecular weight excluding hydrogens is 470 g/mol. The van der Waals surface area contributed by atoms with Gasteiger partial charge in [-0.3, -0.25) is 9.59 Å². The number of aliphatic hydroxyl groups excluding tert-OH is 2. The number of ether oxygens (including phenoxy) is 3. The van der Waals surface area contributed by atoms with Crippen LogP contribution in [0.2, 0.25) is 0 Å². The largest absolute Gasteiger partial charge is 0.453 e. The van der Waals surface area contributed by atoms with E-state index in [0.29, 0.717) is 17.2 Å². The Morgan fingerprint density at radius 1 is 1.11 bits per heavy atom. The van der Waals surface area contributed by atoms with Gasteiger partial charge in [0.2, 0.25) is 0 Å². The molecule has 0 saturated carbocycles. The summed E-state index contributed by atoms with van der Waals surface area (Å²) in [7, 11) is 0. The van der Waals surface area contributed by atoms with E-state index in [2.05, 4.69) is 12.2 Å². The van der Waals surface area contributed by atoms with Crippen LogP contribution in [0.5, 0.6) is 0 Å². The van der Waals surface area contributed by atoms with Crippen LogP contribution in [0, 0.1) is 5.92 Å². The van der Waals surface area contributed by atoms with Gasteiger partial charge in [0.15, 0.2) is 12.4 Å². The van der Waals surface area contributed by atoms with Gasteiger partial charge in [-0.05, 0) is 30.2 Å². The zero-order chi connectivity index (χ0) is 25.4. The van der Waals surface area contributed by atoms with Crippen molar-refractivity contribution in [3.05, 3.63) is 65.2 Å². The zero-order valence-corrected chi connectivity index (χ0v) is 21.0. The highest BCUT2D eigenvalue weighted by atomic mass is 32.2. The Bertz CT molecular complexity index is 984. The van der Waals surface area contributed by atoms with Crippen molar-refractivity contribution < 1.29 is 34.0 Å². The molecule has 190 valence electrons. The minimum absolute atomic E-state index is 0.0257. The molecule has 35 heavy (non-hydrogen) atoms. The number of carbonyl (C=O) groups excluding carboxylic acids is 2. The summed E-state index contributed by atoms with van der Waals surface area (Å²) in [6.45, 7) is 4.92. The minimum Gasteiger partial charge on any atom is -0.453 e. The average Bonchev–Trinajstić information content (AvgIpc) is 2.85. The molecule has 3 N–H and O–H groups in total. The molecule has 0 aromatic heterocycles. The highest BCUT2D eigenvalue weighted by Gasteiger charge is 2.38. The van der Waals surface area contributed by atoms with Crippen LogP contribution in [-0.2, 0) is 30.4 Å². The van der Waals surface area contributed by atoms with Crippen molar-refractivity contribution in [1.29, 1.82) is 0 Å². The number of nitrogens with one attached hydrogen (secondary N) is 1. The van der Waals surface area contributed by atoms with E-state index in [-0.39, 0.29) is 31.3 Å². The third-order valence-corrected chi connectivity index (χ3v) is 6.81. The predicted octanol–water partition coefficient (Wildman–Crippen LogP) is 3.59. The van der Waals surface area contributed by atoms with E-state index in [4.69, 9.17) is 14.2 Å². The first-order valence-electron chi connectivity index (χ1n) is 11.6. The summed E-state index contributed by atoms with van der Waals surface area (Å²) in [5.41, 5.74) is 3.09. The summed E-state index contributed by atoms with van der Waals surface area (Å²) >= 11 is 1.62. The van der Waals surface area contributed by atoms with Gasteiger partial charge in [0, 0.05) is 35.6 Å². The molecule has 0 spiro atoms. The van der Waals surface area contributed by atoms with Crippen LogP contribution in [0.25, 0.3) is 0 Å². The van der Waals surface area contributed by atoms with Crippen LogP contribution in [0.4, 0.5) is 5.69 Å².